The summed E-state index contributed by atoms with van der Waals surface area (Å²) in [6.07, 6.45) is 0. The molecule has 2 aromatic heterocycles. The van der Waals surface area contributed by atoms with Gasteiger partial charge in [0, 0.05) is 24.8 Å². The van der Waals surface area contributed by atoms with Gasteiger partial charge in [-0.15, -0.1) is 0 Å². The minimum absolute atomic E-state index is 0.199. The van der Waals surface area contributed by atoms with Gasteiger partial charge in [-0.05, 0) is 32.0 Å². The number of aromatic nitrogens is 1. The normalized spacial score (nSPS) is 10.9. The van der Waals surface area contributed by atoms with Gasteiger partial charge in [-0.1, -0.05) is 22.7 Å². The molecule has 0 bridgehead atoms. The molecule has 3 aromatic rings. The SMILES string of the molecule is CCN(CC)c1ccc(NNc2nc3sc(N)cc3s2)c(O)c1. The van der Waals surface area contributed by atoms with Gasteiger partial charge in [0.05, 0.1) is 15.4 Å². The Kier molecular flexibility index (Phi) is 4.44. The molecular weight excluding hydrogens is 330 g/mol. The first-order valence-electron chi connectivity index (χ1n) is 7.36. The summed E-state index contributed by atoms with van der Waals surface area (Å²) in [4.78, 5) is 7.54. The van der Waals surface area contributed by atoms with Crippen molar-refractivity contribution in [3.8, 4) is 5.75 Å². The van der Waals surface area contributed by atoms with Crippen molar-refractivity contribution in [2.24, 2.45) is 0 Å². The van der Waals surface area contributed by atoms with E-state index in [9.17, 15) is 5.11 Å². The van der Waals surface area contributed by atoms with E-state index >= 15 is 0 Å². The van der Waals surface area contributed by atoms with Gasteiger partial charge in [-0.3, -0.25) is 10.9 Å². The molecule has 6 nitrogen and oxygen atoms in total. The number of hydrazine groups is 1. The summed E-state index contributed by atoms with van der Waals surface area (Å²) in [6.45, 7) is 5.99. The summed E-state index contributed by atoms with van der Waals surface area (Å²) in [5.41, 5.74) is 13.4. The summed E-state index contributed by atoms with van der Waals surface area (Å²) in [5, 5.41) is 11.7. The van der Waals surface area contributed by atoms with E-state index in [0.717, 1.165) is 38.4 Å². The van der Waals surface area contributed by atoms with Crippen molar-refractivity contribution >= 4 is 53.7 Å². The second-order valence-corrected chi connectivity index (χ2v) is 7.05. The fourth-order valence-corrected chi connectivity index (χ4v) is 4.18. The number of rotatable bonds is 6. The van der Waals surface area contributed by atoms with Gasteiger partial charge in [0.25, 0.3) is 0 Å². The summed E-state index contributed by atoms with van der Waals surface area (Å²) < 4.78 is 1.05. The molecule has 8 heteroatoms. The lowest BCUT2D eigenvalue weighted by Gasteiger charge is -2.21. The van der Waals surface area contributed by atoms with Gasteiger partial charge >= 0.3 is 0 Å². The first kappa shape index (κ1) is 15.7. The lowest BCUT2D eigenvalue weighted by molar-refractivity contribution is 0.477. The summed E-state index contributed by atoms with van der Waals surface area (Å²) >= 11 is 2.98. The highest BCUT2D eigenvalue weighted by molar-refractivity contribution is 7.30. The molecule has 0 aliphatic carbocycles. The van der Waals surface area contributed by atoms with Gasteiger partial charge in [0.15, 0.2) is 0 Å². The van der Waals surface area contributed by atoms with E-state index in [4.69, 9.17) is 5.73 Å². The zero-order valence-corrected chi connectivity index (χ0v) is 14.6. The van der Waals surface area contributed by atoms with E-state index in [1.165, 1.54) is 22.7 Å². The van der Waals surface area contributed by atoms with E-state index in [0.29, 0.717) is 5.69 Å². The molecule has 1 aromatic carbocycles. The smallest absolute Gasteiger partial charge is 0.203 e. The molecule has 122 valence electrons. The number of phenolic OH excluding ortho intramolecular Hbond substituents is 1. The first-order chi connectivity index (χ1) is 11.1. The molecule has 23 heavy (non-hydrogen) atoms. The van der Waals surface area contributed by atoms with Crippen molar-refractivity contribution in [3.05, 3.63) is 24.3 Å². The fourth-order valence-electron chi connectivity index (χ4n) is 2.34. The van der Waals surface area contributed by atoms with Crippen LogP contribution >= 0.6 is 22.7 Å². The Hall–Kier alpha value is -2.19. The molecule has 0 atom stereocenters. The van der Waals surface area contributed by atoms with Gasteiger partial charge in [0.1, 0.15) is 10.6 Å². The summed E-state index contributed by atoms with van der Waals surface area (Å²) in [7, 11) is 0. The number of phenols is 1. The molecule has 2 heterocycles. The van der Waals surface area contributed by atoms with E-state index in [-0.39, 0.29) is 5.75 Å². The Morgan fingerprint density at radius 2 is 1.96 bits per heavy atom. The molecule has 0 amide bonds. The van der Waals surface area contributed by atoms with E-state index < -0.39 is 0 Å². The predicted molar refractivity (Wildman–Crippen MR) is 101 cm³/mol. The highest BCUT2D eigenvalue weighted by atomic mass is 32.1. The third kappa shape index (κ3) is 3.27. The highest BCUT2D eigenvalue weighted by Crippen LogP contribution is 2.34. The Morgan fingerprint density at radius 1 is 1.17 bits per heavy atom. The number of aromatic hydroxyl groups is 1. The number of fused-ring (bicyclic) bond motifs is 1. The van der Waals surface area contributed by atoms with Crippen LogP contribution in [0.2, 0.25) is 0 Å². The Labute approximate surface area is 142 Å². The van der Waals surface area contributed by atoms with Crippen LogP contribution in [0.3, 0.4) is 0 Å². The van der Waals surface area contributed by atoms with Crippen LogP contribution in [0.15, 0.2) is 24.3 Å². The number of nitrogen functional groups attached to an aromatic ring is 1. The van der Waals surface area contributed by atoms with Crippen LogP contribution in [0, 0.1) is 0 Å². The number of hydrogen-bond donors (Lipinski definition) is 4. The minimum atomic E-state index is 0.199. The highest BCUT2D eigenvalue weighted by Gasteiger charge is 2.09. The molecule has 5 N–H and O–H groups in total. The van der Waals surface area contributed by atoms with Crippen LogP contribution in [0.1, 0.15) is 13.8 Å². The molecule has 0 spiro atoms. The predicted octanol–water partition coefficient (Wildman–Crippen LogP) is 3.93. The topological polar surface area (TPSA) is 86.4 Å². The molecule has 0 radical (unpaired) electrons. The average Bonchev–Trinajstić information content (AvgIpc) is 3.04. The fraction of sp³-hybridized carbons (Fsp3) is 0.267. The number of anilines is 4. The zero-order valence-electron chi connectivity index (χ0n) is 13.0. The van der Waals surface area contributed by atoms with Gasteiger partial charge in [0.2, 0.25) is 5.13 Å². The molecule has 0 aliphatic rings. The number of hydrogen-bond acceptors (Lipinski definition) is 8. The van der Waals surface area contributed by atoms with Crippen LogP contribution in [-0.4, -0.2) is 23.2 Å². The maximum Gasteiger partial charge on any atom is 0.203 e. The molecule has 0 saturated carbocycles. The standard InChI is InChI=1S/C15H19N5OS2/c1-3-20(4-2)9-5-6-10(11(21)7-9)18-19-15-17-14-12(22-15)8-13(16)23-14/h5-8,18,21H,3-4,16H2,1-2H3,(H,17,19). The maximum atomic E-state index is 10.2. The van der Waals surface area contributed by atoms with Crippen molar-refractivity contribution in [1.82, 2.24) is 4.98 Å². The van der Waals surface area contributed by atoms with Gasteiger partial charge in [-0.25, -0.2) is 4.98 Å². The van der Waals surface area contributed by atoms with Crippen LogP contribution in [0.5, 0.6) is 5.75 Å². The number of nitrogens with two attached hydrogens (primary N) is 1. The van der Waals surface area contributed by atoms with Crippen LogP contribution in [0.25, 0.3) is 9.53 Å². The van der Waals surface area contributed by atoms with Crippen LogP contribution in [-0.2, 0) is 0 Å². The van der Waals surface area contributed by atoms with Gasteiger partial charge < -0.3 is 15.7 Å². The molecule has 3 rings (SSSR count). The summed E-state index contributed by atoms with van der Waals surface area (Å²) in [5.74, 6) is 0.199. The van der Waals surface area contributed by atoms with E-state index in [1.54, 1.807) is 6.07 Å². The monoisotopic (exact) mass is 349 g/mol. The number of thiazole rings is 1. The van der Waals surface area contributed by atoms with E-state index in [1.807, 2.05) is 18.2 Å². The largest absolute Gasteiger partial charge is 0.506 e. The van der Waals surface area contributed by atoms with Crippen LogP contribution in [0.4, 0.5) is 21.5 Å². The summed E-state index contributed by atoms with van der Waals surface area (Å²) in [6, 6.07) is 7.51. The Bertz CT molecular complexity index is 778. The second-order valence-electron chi connectivity index (χ2n) is 4.96. The molecule has 0 aliphatic heterocycles. The maximum absolute atomic E-state index is 10.2. The molecule has 0 fully saturated rings. The van der Waals surface area contributed by atoms with Crippen molar-refractivity contribution in [1.29, 1.82) is 0 Å². The van der Waals surface area contributed by atoms with E-state index in [2.05, 4.69) is 34.6 Å². The third-order valence-electron chi connectivity index (χ3n) is 3.52. The zero-order chi connectivity index (χ0) is 16.4. The number of nitrogens with one attached hydrogen (secondary N) is 2. The Balaban J connectivity index is 1.71. The number of nitrogens with zero attached hydrogens (tertiary/aromatic N) is 2. The third-order valence-corrected chi connectivity index (χ3v) is 5.43. The lowest BCUT2D eigenvalue weighted by Crippen LogP contribution is -2.21. The van der Waals surface area contributed by atoms with Crippen molar-refractivity contribution in [2.45, 2.75) is 13.8 Å². The van der Waals surface area contributed by atoms with Crippen molar-refractivity contribution < 1.29 is 5.11 Å². The van der Waals surface area contributed by atoms with Crippen molar-refractivity contribution in [2.75, 3.05) is 34.6 Å². The number of benzene rings is 1. The molecule has 0 unspecified atom stereocenters. The minimum Gasteiger partial charge on any atom is -0.506 e. The Morgan fingerprint density at radius 3 is 2.61 bits per heavy atom. The lowest BCUT2D eigenvalue weighted by atomic mass is 10.2. The van der Waals surface area contributed by atoms with Gasteiger partial charge in [-0.2, -0.15) is 0 Å². The second kappa shape index (κ2) is 6.51. The quantitative estimate of drug-likeness (QED) is 0.398. The average molecular weight is 349 g/mol. The first-order valence-corrected chi connectivity index (χ1v) is 8.99. The number of thiophene rings is 1. The van der Waals surface area contributed by atoms with Crippen LogP contribution < -0.4 is 21.5 Å². The molecule has 0 saturated heterocycles. The van der Waals surface area contributed by atoms with Crippen molar-refractivity contribution in [3.63, 3.8) is 0 Å². The molecular formula is C15H19N5OS2.